The zero-order chi connectivity index (χ0) is 10.8. The fourth-order valence-electron chi connectivity index (χ4n) is 0.994. The topological polar surface area (TPSA) is 47.6 Å². The van der Waals surface area contributed by atoms with Crippen LogP contribution < -0.4 is 5.32 Å². The molecule has 84 valence electrons. The Morgan fingerprint density at radius 3 is 2.57 bits per heavy atom. The predicted molar refractivity (Wildman–Crippen MR) is 55.3 cm³/mol. The highest BCUT2D eigenvalue weighted by Crippen LogP contribution is 1.94. The van der Waals surface area contributed by atoms with Crippen LogP contribution in [-0.2, 0) is 9.47 Å². The number of carbonyl (C=O) groups is 1. The lowest BCUT2D eigenvalue weighted by atomic mass is 10.2. The number of ether oxygens (including phenoxy) is 2. The van der Waals surface area contributed by atoms with Crippen LogP contribution in [0.15, 0.2) is 0 Å². The molecule has 0 aliphatic heterocycles. The number of unbranched alkanes of at least 4 members (excludes halogenated alkanes) is 2. The molecule has 0 unspecified atom stereocenters. The third-order valence-electron chi connectivity index (χ3n) is 1.64. The summed E-state index contributed by atoms with van der Waals surface area (Å²) in [5.41, 5.74) is 0. The predicted octanol–water partition coefficient (Wildman–Crippen LogP) is 1.94. The largest absolute Gasteiger partial charge is 0.447 e. The first-order valence-corrected chi connectivity index (χ1v) is 5.10. The van der Waals surface area contributed by atoms with E-state index in [2.05, 4.69) is 5.32 Å². The van der Waals surface area contributed by atoms with Gasteiger partial charge in [-0.2, -0.15) is 0 Å². The summed E-state index contributed by atoms with van der Waals surface area (Å²) in [5.74, 6) is 0. The SMILES string of the molecule is COCCCCCNC(=O)OC(C)C. The summed E-state index contributed by atoms with van der Waals surface area (Å²) in [6.07, 6.45) is 2.69. The van der Waals surface area contributed by atoms with Gasteiger partial charge in [0.1, 0.15) is 0 Å². The third kappa shape index (κ3) is 9.32. The van der Waals surface area contributed by atoms with Crippen LogP contribution in [0, 0.1) is 0 Å². The molecule has 4 nitrogen and oxygen atoms in total. The van der Waals surface area contributed by atoms with E-state index in [1.807, 2.05) is 13.8 Å². The van der Waals surface area contributed by atoms with E-state index in [0.717, 1.165) is 25.9 Å². The minimum absolute atomic E-state index is 0.0523. The minimum Gasteiger partial charge on any atom is -0.447 e. The van der Waals surface area contributed by atoms with E-state index in [-0.39, 0.29) is 12.2 Å². The van der Waals surface area contributed by atoms with Crippen molar-refractivity contribution in [1.29, 1.82) is 0 Å². The number of nitrogens with one attached hydrogen (secondary N) is 1. The standard InChI is InChI=1S/C10H21NO3/c1-9(2)14-10(12)11-7-5-4-6-8-13-3/h9H,4-8H2,1-3H3,(H,11,12). The Morgan fingerprint density at radius 1 is 1.29 bits per heavy atom. The molecule has 0 rings (SSSR count). The van der Waals surface area contributed by atoms with Gasteiger partial charge in [-0.1, -0.05) is 0 Å². The minimum atomic E-state index is -0.327. The van der Waals surface area contributed by atoms with Gasteiger partial charge in [0.15, 0.2) is 0 Å². The van der Waals surface area contributed by atoms with Gasteiger partial charge < -0.3 is 14.8 Å². The Labute approximate surface area is 86.0 Å². The van der Waals surface area contributed by atoms with E-state index in [4.69, 9.17) is 9.47 Å². The van der Waals surface area contributed by atoms with Crippen molar-refractivity contribution in [3.05, 3.63) is 0 Å². The molecule has 0 aromatic rings. The Hall–Kier alpha value is -0.770. The number of rotatable bonds is 7. The van der Waals surface area contributed by atoms with E-state index in [9.17, 15) is 4.79 Å². The summed E-state index contributed by atoms with van der Waals surface area (Å²) in [6, 6.07) is 0. The Kier molecular flexibility index (Phi) is 8.33. The van der Waals surface area contributed by atoms with E-state index >= 15 is 0 Å². The number of alkyl carbamates (subject to hydrolysis) is 1. The van der Waals surface area contributed by atoms with Gasteiger partial charge in [-0.15, -0.1) is 0 Å². The number of amides is 1. The summed E-state index contributed by atoms with van der Waals surface area (Å²) in [7, 11) is 1.69. The molecule has 0 heterocycles. The molecule has 0 aliphatic rings. The number of carbonyl (C=O) groups excluding carboxylic acids is 1. The monoisotopic (exact) mass is 203 g/mol. The second-order valence-corrected chi connectivity index (χ2v) is 3.43. The van der Waals surface area contributed by atoms with Crippen LogP contribution in [-0.4, -0.2) is 32.5 Å². The molecule has 0 radical (unpaired) electrons. The van der Waals surface area contributed by atoms with Gasteiger partial charge in [0.05, 0.1) is 6.10 Å². The first-order valence-electron chi connectivity index (χ1n) is 5.10. The van der Waals surface area contributed by atoms with Gasteiger partial charge >= 0.3 is 6.09 Å². The molecule has 0 saturated carbocycles. The van der Waals surface area contributed by atoms with Crippen molar-refractivity contribution in [2.75, 3.05) is 20.3 Å². The highest BCUT2D eigenvalue weighted by atomic mass is 16.6. The summed E-state index contributed by atoms with van der Waals surface area (Å²) in [6.45, 7) is 5.13. The second-order valence-electron chi connectivity index (χ2n) is 3.43. The van der Waals surface area contributed by atoms with Crippen LogP contribution in [0.1, 0.15) is 33.1 Å². The molecule has 0 spiro atoms. The molecule has 0 atom stereocenters. The van der Waals surface area contributed by atoms with Crippen molar-refractivity contribution < 1.29 is 14.3 Å². The Bertz CT molecular complexity index is 148. The van der Waals surface area contributed by atoms with Crippen molar-refractivity contribution in [2.24, 2.45) is 0 Å². The van der Waals surface area contributed by atoms with E-state index in [1.54, 1.807) is 7.11 Å². The summed E-state index contributed by atoms with van der Waals surface area (Å²) in [4.78, 5) is 11.0. The number of hydrogen-bond donors (Lipinski definition) is 1. The average Bonchev–Trinajstić information content (AvgIpc) is 2.10. The molecule has 0 bridgehead atoms. The van der Waals surface area contributed by atoms with Crippen molar-refractivity contribution in [1.82, 2.24) is 5.32 Å². The molecular weight excluding hydrogens is 182 g/mol. The van der Waals surface area contributed by atoms with Crippen molar-refractivity contribution in [3.63, 3.8) is 0 Å². The first-order chi connectivity index (χ1) is 6.66. The van der Waals surface area contributed by atoms with Gasteiger partial charge in [0, 0.05) is 20.3 Å². The van der Waals surface area contributed by atoms with Gasteiger partial charge in [-0.25, -0.2) is 4.79 Å². The van der Waals surface area contributed by atoms with Crippen LogP contribution in [0.5, 0.6) is 0 Å². The maximum Gasteiger partial charge on any atom is 0.407 e. The maximum absolute atomic E-state index is 11.0. The molecule has 0 aliphatic carbocycles. The normalized spacial score (nSPS) is 10.3. The highest BCUT2D eigenvalue weighted by Gasteiger charge is 2.02. The fraction of sp³-hybridized carbons (Fsp3) is 0.900. The molecule has 0 fully saturated rings. The zero-order valence-corrected chi connectivity index (χ0v) is 9.34. The summed E-state index contributed by atoms with van der Waals surface area (Å²) >= 11 is 0. The molecule has 0 aromatic heterocycles. The van der Waals surface area contributed by atoms with Crippen LogP contribution in [0.25, 0.3) is 0 Å². The van der Waals surface area contributed by atoms with E-state index in [1.165, 1.54) is 0 Å². The molecule has 4 heteroatoms. The van der Waals surface area contributed by atoms with Gasteiger partial charge in [-0.3, -0.25) is 0 Å². The van der Waals surface area contributed by atoms with Crippen molar-refractivity contribution >= 4 is 6.09 Å². The smallest absolute Gasteiger partial charge is 0.407 e. The van der Waals surface area contributed by atoms with Crippen LogP contribution in [0.2, 0.25) is 0 Å². The van der Waals surface area contributed by atoms with Gasteiger partial charge in [0.25, 0.3) is 0 Å². The molecule has 0 aromatic carbocycles. The lowest BCUT2D eigenvalue weighted by Crippen LogP contribution is -2.27. The van der Waals surface area contributed by atoms with Gasteiger partial charge in [-0.05, 0) is 33.1 Å². The third-order valence-corrected chi connectivity index (χ3v) is 1.64. The van der Waals surface area contributed by atoms with E-state index < -0.39 is 0 Å². The second kappa shape index (κ2) is 8.81. The van der Waals surface area contributed by atoms with Crippen LogP contribution in [0.4, 0.5) is 4.79 Å². The lowest BCUT2D eigenvalue weighted by molar-refractivity contribution is 0.115. The Balaban J connectivity index is 3.15. The lowest BCUT2D eigenvalue weighted by Gasteiger charge is -2.08. The average molecular weight is 203 g/mol. The molecule has 14 heavy (non-hydrogen) atoms. The quantitative estimate of drug-likeness (QED) is 0.643. The molecule has 1 amide bonds. The van der Waals surface area contributed by atoms with Crippen LogP contribution >= 0.6 is 0 Å². The van der Waals surface area contributed by atoms with E-state index in [0.29, 0.717) is 6.54 Å². The number of methoxy groups -OCH3 is 1. The maximum atomic E-state index is 11.0. The molecule has 0 saturated heterocycles. The summed E-state index contributed by atoms with van der Waals surface area (Å²) in [5, 5.41) is 2.69. The highest BCUT2D eigenvalue weighted by molar-refractivity contribution is 5.67. The molecule has 1 N–H and O–H groups in total. The zero-order valence-electron chi connectivity index (χ0n) is 9.34. The van der Waals surface area contributed by atoms with Crippen molar-refractivity contribution in [3.8, 4) is 0 Å². The fourth-order valence-corrected chi connectivity index (χ4v) is 0.994. The molecular formula is C10H21NO3. The summed E-state index contributed by atoms with van der Waals surface area (Å²) < 4.78 is 9.81. The van der Waals surface area contributed by atoms with Crippen molar-refractivity contribution in [2.45, 2.75) is 39.2 Å². The number of hydrogen-bond acceptors (Lipinski definition) is 3. The first kappa shape index (κ1) is 13.2. The van der Waals surface area contributed by atoms with Gasteiger partial charge in [0.2, 0.25) is 0 Å². The van der Waals surface area contributed by atoms with Crippen LogP contribution in [0.3, 0.4) is 0 Å². The Morgan fingerprint density at radius 2 is 2.00 bits per heavy atom.